The molecule has 0 fully saturated rings. The van der Waals surface area contributed by atoms with Gasteiger partial charge in [-0.05, 0) is 24.3 Å². The fourth-order valence-electron chi connectivity index (χ4n) is 2.95. The maximum atomic E-state index is 4.68. The summed E-state index contributed by atoms with van der Waals surface area (Å²) in [5.41, 5.74) is 4.03. The van der Waals surface area contributed by atoms with Gasteiger partial charge in [0.05, 0.1) is 21.4 Å². The predicted octanol–water partition coefficient (Wildman–Crippen LogP) is 5.06. The van der Waals surface area contributed by atoms with E-state index in [-0.39, 0.29) is 0 Å². The van der Waals surface area contributed by atoms with Crippen LogP contribution in [-0.2, 0) is 0 Å². The van der Waals surface area contributed by atoms with Crippen molar-refractivity contribution in [1.29, 1.82) is 0 Å². The van der Waals surface area contributed by atoms with Crippen molar-refractivity contribution in [3.63, 3.8) is 0 Å². The molecule has 0 aliphatic carbocycles. The second-order valence-electron chi connectivity index (χ2n) is 5.40. The van der Waals surface area contributed by atoms with Gasteiger partial charge in [0.15, 0.2) is 0 Å². The molecule has 4 heterocycles. The maximum Gasteiger partial charge on any atom is 0.0903 e. The Bertz CT molecular complexity index is 1170. The van der Waals surface area contributed by atoms with Crippen LogP contribution < -0.4 is 0 Å². The molecule has 4 heteroatoms. The molecule has 1 aromatic carbocycles. The molecule has 0 atom stereocenters. The second kappa shape index (κ2) is 4.83. The highest BCUT2D eigenvalue weighted by atomic mass is 32.1. The Labute approximate surface area is 136 Å². The molecule has 0 saturated carbocycles. The Kier molecular flexibility index (Phi) is 2.66. The summed E-state index contributed by atoms with van der Waals surface area (Å²) in [6.07, 6.45) is 5.59. The van der Waals surface area contributed by atoms with Crippen molar-refractivity contribution in [2.45, 2.75) is 0 Å². The number of rotatable bonds is 1. The summed E-state index contributed by atoms with van der Waals surface area (Å²) in [5.74, 6) is 0. The van der Waals surface area contributed by atoms with E-state index >= 15 is 0 Å². The SMILES string of the molecule is c1cnc2c(-c3cc4sc5cccnc5c4cn3)cccc2c1. The number of hydrogen-bond acceptors (Lipinski definition) is 4. The van der Waals surface area contributed by atoms with Gasteiger partial charge in [0.1, 0.15) is 0 Å². The fourth-order valence-corrected chi connectivity index (χ4v) is 4.02. The number of benzene rings is 1. The minimum atomic E-state index is 0.952. The van der Waals surface area contributed by atoms with Crippen molar-refractivity contribution in [2.24, 2.45) is 0 Å². The molecule has 0 saturated heterocycles. The normalized spacial score (nSPS) is 11.5. The van der Waals surface area contributed by atoms with E-state index in [2.05, 4.69) is 51.4 Å². The zero-order valence-corrected chi connectivity index (χ0v) is 12.9. The first-order valence-electron chi connectivity index (χ1n) is 7.37. The van der Waals surface area contributed by atoms with Crippen molar-refractivity contribution in [3.05, 3.63) is 67.1 Å². The average Bonchev–Trinajstić information content (AvgIpc) is 2.99. The maximum absolute atomic E-state index is 4.68. The van der Waals surface area contributed by atoms with E-state index in [1.165, 1.54) is 9.40 Å². The number of fused-ring (bicyclic) bond motifs is 4. The van der Waals surface area contributed by atoms with Gasteiger partial charge >= 0.3 is 0 Å². The Hall–Kier alpha value is -2.85. The molecule has 3 nitrogen and oxygen atoms in total. The van der Waals surface area contributed by atoms with Crippen LogP contribution in [-0.4, -0.2) is 15.0 Å². The van der Waals surface area contributed by atoms with Gasteiger partial charge in [-0.3, -0.25) is 15.0 Å². The molecular weight excluding hydrogens is 302 g/mol. The monoisotopic (exact) mass is 313 g/mol. The standard InChI is InChI=1S/C19H11N3S/c1-4-12-5-2-8-20-18(12)13(6-1)15-10-17-14(11-22-15)19-16(23-17)7-3-9-21-19/h1-11H. The van der Waals surface area contributed by atoms with E-state index in [1.807, 2.05) is 30.7 Å². The number of thiophene rings is 1. The first-order valence-corrected chi connectivity index (χ1v) is 8.19. The lowest BCUT2D eigenvalue weighted by molar-refractivity contribution is 1.34. The largest absolute Gasteiger partial charge is 0.256 e. The van der Waals surface area contributed by atoms with Crippen LogP contribution >= 0.6 is 11.3 Å². The lowest BCUT2D eigenvalue weighted by Gasteiger charge is -2.05. The minimum absolute atomic E-state index is 0.952. The molecule has 0 unspecified atom stereocenters. The minimum Gasteiger partial charge on any atom is -0.256 e. The molecule has 0 spiro atoms. The van der Waals surface area contributed by atoms with E-state index in [0.717, 1.165) is 33.1 Å². The molecule has 0 N–H and O–H groups in total. The van der Waals surface area contributed by atoms with Crippen molar-refractivity contribution in [1.82, 2.24) is 15.0 Å². The molecule has 4 aromatic heterocycles. The Morgan fingerprint density at radius 1 is 0.739 bits per heavy atom. The van der Waals surface area contributed by atoms with Crippen LogP contribution in [0, 0.1) is 0 Å². The third-order valence-electron chi connectivity index (χ3n) is 4.02. The van der Waals surface area contributed by atoms with Gasteiger partial charge in [0.25, 0.3) is 0 Å². The van der Waals surface area contributed by atoms with E-state index in [1.54, 1.807) is 11.3 Å². The summed E-state index contributed by atoms with van der Waals surface area (Å²) in [5, 5.41) is 2.24. The first kappa shape index (κ1) is 12.7. The lowest BCUT2D eigenvalue weighted by atomic mass is 10.1. The van der Waals surface area contributed by atoms with Crippen LogP contribution in [0.25, 0.3) is 42.5 Å². The first-order chi connectivity index (χ1) is 11.4. The van der Waals surface area contributed by atoms with Crippen LogP contribution in [0.15, 0.2) is 67.1 Å². The van der Waals surface area contributed by atoms with Crippen molar-refractivity contribution < 1.29 is 0 Å². The van der Waals surface area contributed by atoms with Crippen molar-refractivity contribution in [2.75, 3.05) is 0 Å². The third-order valence-corrected chi connectivity index (χ3v) is 5.13. The number of aromatic nitrogens is 3. The number of para-hydroxylation sites is 1. The molecule has 5 aromatic rings. The van der Waals surface area contributed by atoms with Gasteiger partial charge in [0.2, 0.25) is 0 Å². The predicted molar refractivity (Wildman–Crippen MR) is 95.7 cm³/mol. The summed E-state index contributed by atoms with van der Waals surface area (Å²) in [6.45, 7) is 0. The highest BCUT2D eigenvalue weighted by molar-refractivity contribution is 7.25. The molecule has 0 amide bonds. The third kappa shape index (κ3) is 1.92. The summed E-state index contributed by atoms with van der Waals surface area (Å²) in [4.78, 5) is 13.7. The fraction of sp³-hybridized carbons (Fsp3) is 0. The van der Waals surface area contributed by atoms with E-state index in [9.17, 15) is 0 Å². The Morgan fingerprint density at radius 2 is 1.57 bits per heavy atom. The quantitative estimate of drug-likeness (QED) is 0.434. The zero-order chi connectivity index (χ0) is 15.2. The van der Waals surface area contributed by atoms with E-state index < -0.39 is 0 Å². The van der Waals surface area contributed by atoms with Crippen LogP contribution in [0.3, 0.4) is 0 Å². The van der Waals surface area contributed by atoms with Crippen LogP contribution in [0.2, 0.25) is 0 Å². The Balaban J connectivity index is 1.81. The summed E-state index contributed by atoms with van der Waals surface area (Å²) < 4.78 is 2.40. The molecular formula is C19H11N3S. The highest BCUT2D eigenvalue weighted by Crippen LogP contribution is 2.35. The highest BCUT2D eigenvalue weighted by Gasteiger charge is 2.10. The van der Waals surface area contributed by atoms with Gasteiger partial charge in [-0.25, -0.2) is 0 Å². The molecule has 0 radical (unpaired) electrons. The van der Waals surface area contributed by atoms with Gasteiger partial charge in [-0.2, -0.15) is 0 Å². The van der Waals surface area contributed by atoms with Crippen molar-refractivity contribution >= 4 is 42.5 Å². The Morgan fingerprint density at radius 3 is 2.52 bits per heavy atom. The van der Waals surface area contributed by atoms with Crippen molar-refractivity contribution in [3.8, 4) is 11.3 Å². The molecule has 0 aliphatic rings. The van der Waals surface area contributed by atoms with Crippen LogP contribution in [0.4, 0.5) is 0 Å². The van der Waals surface area contributed by atoms with Crippen LogP contribution in [0.5, 0.6) is 0 Å². The van der Waals surface area contributed by atoms with E-state index in [0.29, 0.717) is 0 Å². The van der Waals surface area contributed by atoms with Gasteiger partial charge in [-0.15, -0.1) is 11.3 Å². The number of pyridine rings is 3. The summed E-state index contributed by atoms with van der Waals surface area (Å²) in [6, 6.07) is 16.5. The molecule has 0 aliphatic heterocycles. The smallest absolute Gasteiger partial charge is 0.0903 e. The molecule has 5 rings (SSSR count). The number of hydrogen-bond donors (Lipinski definition) is 0. The molecule has 0 bridgehead atoms. The molecule has 23 heavy (non-hydrogen) atoms. The summed E-state index contributed by atoms with van der Waals surface area (Å²) in [7, 11) is 0. The van der Waals surface area contributed by atoms with Gasteiger partial charge < -0.3 is 0 Å². The second-order valence-corrected chi connectivity index (χ2v) is 6.48. The molecule has 108 valence electrons. The number of nitrogens with zero attached hydrogens (tertiary/aromatic N) is 3. The summed E-state index contributed by atoms with van der Waals surface area (Å²) >= 11 is 1.75. The lowest BCUT2D eigenvalue weighted by Crippen LogP contribution is -1.87. The van der Waals surface area contributed by atoms with E-state index in [4.69, 9.17) is 0 Å². The van der Waals surface area contributed by atoms with Gasteiger partial charge in [0, 0.05) is 39.6 Å². The topological polar surface area (TPSA) is 38.7 Å². The average molecular weight is 313 g/mol. The van der Waals surface area contributed by atoms with Gasteiger partial charge in [-0.1, -0.05) is 24.3 Å². The van der Waals surface area contributed by atoms with Crippen LogP contribution in [0.1, 0.15) is 0 Å². The zero-order valence-electron chi connectivity index (χ0n) is 12.1.